The summed E-state index contributed by atoms with van der Waals surface area (Å²) in [4.78, 5) is 15.3. The Balaban J connectivity index is 2.42. The number of aromatic nitrogens is 2. The molecule has 7 nitrogen and oxygen atoms in total. The Morgan fingerprint density at radius 3 is 2.89 bits per heavy atom. The number of anilines is 1. The Morgan fingerprint density at radius 1 is 1.67 bits per heavy atom. The van der Waals surface area contributed by atoms with Crippen molar-refractivity contribution in [3.05, 3.63) is 33.3 Å². The summed E-state index contributed by atoms with van der Waals surface area (Å²) in [5.74, 6) is 0.0686. The van der Waals surface area contributed by atoms with Crippen LogP contribution in [0.15, 0.2) is 27.6 Å². The Hall–Kier alpha value is -1.22. The summed E-state index contributed by atoms with van der Waals surface area (Å²) in [7, 11) is 0. The second kappa shape index (κ2) is 4.81. The van der Waals surface area contributed by atoms with Crippen LogP contribution in [0.3, 0.4) is 0 Å². The number of nitrogens with zero attached hydrogens (tertiary/aromatic N) is 2. The first-order valence-electron chi connectivity index (χ1n) is 5.13. The molecule has 0 radical (unpaired) electrons. The maximum absolute atomic E-state index is 11.7. The standard InChI is InChI=1S/C10H12BrN3O4/c1-4-7(16)6(3-15)18-9(4)14-2-5(11)8(12)13-10(14)17/h2,6-7,9,15-16H,1,3H2,(H2,12,13,17)/t6-,7-,9?/m1/s1. The van der Waals surface area contributed by atoms with Gasteiger partial charge in [-0.2, -0.15) is 4.98 Å². The molecule has 0 aliphatic carbocycles. The third-order valence-electron chi connectivity index (χ3n) is 2.72. The van der Waals surface area contributed by atoms with Crippen LogP contribution in [-0.2, 0) is 4.74 Å². The maximum Gasteiger partial charge on any atom is 0.351 e. The second-order valence-corrected chi connectivity index (χ2v) is 4.75. The van der Waals surface area contributed by atoms with E-state index in [9.17, 15) is 9.90 Å². The Labute approximate surface area is 111 Å². The van der Waals surface area contributed by atoms with Gasteiger partial charge in [-0.3, -0.25) is 4.57 Å². The third-order valence-corrected chi connectivity index (χ3v) is 3.33. The molecule has 0 spiro atoms. The van der Waals surface area contributed by atoms with Crippen molar-refractivity contribution in [3.8, 4) is 0 Å². The predicted molar refractivity (Wildman–Crippen MR) is 66.8 cm³/mol. The molecule has 4 N–H and O–H groups in total. The molecule has 1 aromatic heterocycles. The van der Waals surface area contributed by atoms with Gasteiger partial charge in [-0.15, -0.1) is 0 Å². The van der Waals surface area contributed by atoms with Crippen molar-refractivity contribution in [1.82, 2.24) is 9.55 Å². The number of ether oxygens (including phenoxy) is 1. The zero-order valence-electron chi connectivity index (χ0n) is 9.28. The van der Waals surface area contributed by atoms with Gasteiger partial charge in [0.05, 0.1) is 11.1 Å². The lowest BCUT2D eigenvalue weighted by Gasteiger charge is -2.15. The molecule has 1 fully saturated rings. The van der Waals surface area contributed by atoms with Crippen LogP contribution in [0.4, 0.5) is 5.82 Å². The largest absolute Gasteiger partial charge is 0.394 e. The molecular weight excluding hydrogens is 306 g/mol. The minimum absolute atomic E-state index is 0.0686. The highest BCUT2D eigenvalue weighted by Gasteiger charge is 2.38. The van der Waals surface area contributed by atoms with Crippen molar-refractivity contribution in [1.29, 1.82) is 0 Å². The monoisotopic (exact) mass is 317 g/mol. The molecule has 0 aromatic carbocycles. The highest BCUT2D eigenvalue weighted by Crippen LogP contribution is 2.32. The fourth-order valence-electron chi connectivity index (χ4n) is 1.72. The second-order valence-electron chi connectivity index (χ2n) is 3.89. The number of hydrogen-bond acceptors (Lipinski definition) is 6. The van der Waals surface area contributed by atoms with Crippen LogP contribution in [0.1, 0.15) is 6.23 Å². The molecule has 3 atom stereocenters. The van der Waals surface area contributed by atoms with E-state index in [1.54, 1.807) is 0 Å². The molecule has 1 unspecified atom stereocenters. The summed E-state index contributed by atoms with van der Waals surface area (Å²) >= 11 is 3.15. The van der Waals surface area contributed by atoms with Crippen LogP contribution in [0, 0.1) is 0 Å². The van der Waals surface area contributed by atoms with Crippen LogP contribution in [-0.4, -0.2) is 38.6 Å². The summed E-state index contributed by atoms with van der Waals surface area (Å²) in [6, 6.07) is 0. The number of halogens is 1. The molecule has 0 amide bonds. The molecule has 2 heterocycles. The first-order chi connectivity index (χ1) is 8.45. The van der Waals surface area contributed by atoms with Gasteiger partial charge in [0.1, 0.15) is 18.0 Å². The van der Waals surface area contributed by atoms with E-state index in [1.807, 2.05) is 0 Å². The van der Waals surface area contributed by atoms with Crippen molar-refractivity contribution in [3.63, 3.8) is 0 Å². The van der Waals surface area contributed by atoms with Crippen molar-refractivity contribution in [2.75, 3.05) is 12.3 Å². The average Bonchev–Trinajstić information content (AvgIpc) is 2.61. The van der Waals surface area contributed by atoms with E-state index < -0.39 is 24.1 Å². The van der Waals surface area contributed by atoms with Gasteiger partial charge in [-0.1, -0.05) is 6.58 Å². The molecule has 1 saturated heterocycles. The van der Waals surface area contributed by atoms with Gasteiger partial charge in [0.2, 0.25) is 0 Å². The number of rotatable bonds is 2. The molecule has 0 saturated carbocycles. The van der Waals surface area contributed by atoms with Gasteiger partial charge >= 0.3 is 5.69 Å². The van der Waals surface area contributed by atoms with Crippen molar-refractivity contribution >= 4 is 21.7 Å². The normalized spacial score (nSPS) is 27.7. The number of nitrogen functional groups attached to an aromatic ring is 1. The topological polar surface area (TPSA) is 111 Å². The van der Waals surface area contributed by atoms with Crippen LogP contribution in [0.2, 0.25) is 0 Å². The summed E-state index contributed by atoms with van der Waals surface area (Å²) < 4.78 is 6.94. The van der Waals surface area contributed by atoms with Crippen molar-refractivity contribution in [2.45, 2.75) is 18.4 Å². The van der Waals surface area contributed by atoms with E-state index >= 15 is 0 Å². The van der Waals surface area contributed by atoms with E-state index in [0.717, 1.165) is 4.57 Å². The number of aliphatic hydroxyl groups is 2. The fraction of sp³-hybridized carbons (Fsp3) is 0.400. The lowest BCUT2D eigenvalue weighted by atomic mass is 10.1. The molecule has 8 heteroatoms. The van der Waals surface area contributed by atoms with E-state index in [0.29, 0.717) is 4.47 Å². The summed E-state index contributed by atoms with van der Waals surface area (Å²) in [5.41, 5.74) is 5.15. The van der Waals surface area contributed by atoms with E-state index in [2.05, 4.69) is 27.5 Å². The maximum atomic E-state index is 11.7. The zero-order valence-corrected chi connectivity index (χ0v) is 10.9. The van der Waals surface area contributed by atoms with E-state index in [-0.39, 0.29) is 18.0 Å². The number of aliphatic hydroxyl groups excluding tert-OH is 2. The molecule has 2 rings (SSSR count). The fourth-order valence-corrected chi connectivity index (χ4v) is 2.03. The zero-order chi connectivity index (χ0) is 13.4. The van der Waals surface area contributed by atoms with Gasteiger partial charge in [0.15, 0.2) is 6.23 Å². The molecule has 18 heavy (non-hydrogen) atoms. The summed E-state index contributed by atoms with van der Waals surface area (Å²) in [6.07, 6.45) is -1.28. The van der Waals surface area contributed by atoms with Crippen molar-refractivity contribution < 1.29 is 14.9 Å². The minimum atomic E-state index is -1.02. The Bertz CT molecular complexity index is 544. The molecule has 98 valence electrons. The average molecular weight is 318 g/mol. The molecule has 0 bridgehead atoms. The number of nitrogens with two attached hydrogens (primary N) is 1. The molecule has 1 aliphatic rings. The quantitative estimate of drug-likeness (QED) is 0.628. The highest BCUT2D eigenvalue weighted by molar-refractivity contribution is 9.10. The van der Waals surface area contributed by atoms with Gasteiger partial charge in [0, 0.05) is 11.8 Å². The predicted octanol–water partition coefficient (Wildman–Crippen LogP) is -0.605. The van der Waals surface area contributed by atoms with Gasteiger partial charge < -0.3 is 20.7 Å². The Morgan fingerprint density at radius 2 is 2.33 bits per heavy atom. The SMILES string of the molecule is C=C1C(n2cc(Br)c(N)nc2=O)O[C@H](CO)[C@@H]1O. The lowest BCUT2D eigenvalue weighted by Crippen LogP contribution is -2.28. The smallest absolute Gasteiger partial charge is 0.351 e. The van der Waals surface area contributed by atoms with Gasteiger partial charge in [0.25, 0.3) is 0 Å². The summed E-state index contributed by atoms with van der Waals surface area (Å²) in [5, 5.41) is 18.8. The van der Waals surface area contributed by atoms with E-state index in [1.165, 1.54) is 6.20 Å². The Kier molecular flexibility index (Phi) is 3.53. The van der Waals surface area contributed by atoms with Crippen molar-refractivity contribution in [2.24, 2.45) is 0 Å². The van der Waals surface area contributed by atoms with E-state index in [4.69, 9.17) is 15.6 Å². The van der Waals surface area contributed by atoms with Crippen LogP contribution in [0.25, 0.3) is 0 Å². The number of hydrogen-bond donors (Lipinski definition) is 3. The summed E-state index contributed by atoms with van der Waals surface area (Å²) in [6.45, 7) is 3.30. The first-order valence-corrected chi connectivity index (χ1v) is 5.92. The van der Waals surface area contributed by atoms with Gasteiger partial charge in [-0.05, 0) is 15.9 Å². The minimum Gasteiger partial charge on any atom is -0.394 e. The van der Waals surface area contributed by atoms with Crippen LogP contribution >= 0.6 is 15.9 Å². The highest BCUT2D eigenvalue weighted by atomic mass is 79.9. The van der Waals surface area contributed by atoms with Crippen LogP contribution in [0.5, 0.6) is 0 Å². The molecule has 1 aromatic rings. The third kappa shape index (κ3) is 2.07. The first kappa shape index (κ1) is 13.2. The van der Waals surface area contributed by atoms with Crippen LogP contribution < -0.4 is 11.4 Å². The lowest BCUT2D eigenvalue weighted by molar-refractivity contribution is -0.0447. The van der Waals surface area contributed by atoms with Gasteiger partial charge in [-0.25, -0.2) is 4.79 Å². The molecular formula is C10H12BrN3O4. The molecule has 1 aliphatic heterocycles.